The fourth-order valence-corrected chi connectivity index (χ4v) is 14.8. The van der Waals surface area contributed by atoms with E-state index in [4.69, 9.17) is 50.4 Å². The smallest absolute Gasteiger partial charge is 0.346 e. The average Bonchev–Trinajstić information content (AvgIpc) is 3.32. The van der Waals surface area contributed by atoms with Crippen molar-refractivity contribution in [3.05, 3.63) is 101 Å². The molecule has 0 N–H and O–H groups in total. The van der Waals surface area contributed by atoms with Gasteiger partial charge in [0.05, 0.1) is 65.1 Å². The van der Waals surface area contributed by atoms with Crippen LogP contribution in [0.4, 0.5) is 0 Å². The van der Waals surface area contributed by atoms with Crippen molar-refractivity contribution in [2.75, 3.05) is 85.6 Å². The summed E-state index contributed by atoms with van der Waals surface area (Å²) >= 11 is 3.25. The van der Waals surface area contributed by atoms with E-state index in [0.29, 0.717) is 12.4 Å². The second kappa shape index (κ2) is 41.5. The molecule has 0 radical (unpaired) electrons. The molecule has 24 heteroatoms. The van der Waals surface area contributed by atoms with Crippen LogP contribution in [0.5, 0.6) is 0 Å². The molecule has 2 atom stereocenters. The SMILES string of the molecule is C=CCOP(=O)(OCC=C)C(CCC(=O)OCC(C)OC)P(=O)(OCC=C)OCC=C.C=CCOP(=O)(OCC=C)C(CCC(=O)OCC=O)P(=O)(OCC=C)OCC=C.COC(C)CBr. The fraction of sp³-hybridized carbons (Fsp3) is 0.548. The number of carbonyl (C=O) groups excluding carboxylic acids is 3. The van der Waals surface area contributed by atoms with Crippen molar-refractivity contribution < 1.29 is 87.8 Å². The van der Waals surface area contributed by atoms with Crippen LogP contribution < -0.4 is 0 Å². The number of aldehydes is 1. The van der Waals surface area contributed by atoms with Gasteiger partial charge >= 0.3 is 42.3 Å². The van der Waals surface area contributed by atoms with Crippen LogP contribution in [0, 0.1) is 0 Å². The van der Waals surface area contributed by atoms with Gasteiger partial charge in [-0.05, 0) is 26.7 Å². The Morgan fingerprint density at radius 2 is 0.727 bits per heavy atom. The number of hydrogen-bond acceptors (Lipinski definition) is 19. The van der Waals surface area contributed by atoms with E-state index >= 15 is 0 Å². The van der Waals surface area contributed by atoms with Crippen LogP contribution in [0.2, 0.25) is 0 Å². The monoisotopic (exact) mass is 1080 g/mol. The molecular formula is C42H71BrO19P4. The van der Waals surface area contributed by atoms with Gasteiger partial charge in [0, 0.05) is 32.4 Å². The van der Waals surface area contributed by atoms with Crippen molar-refractivity contribution in [2.45, 2.75) is 62.5 Å². The first kappa shape index (κ1) is 67.8. The highest BCUT2D eigenvalue weighted by molar-refractivity contribution is 9.09. The van der Waals surface area contributed by atoms with Crippen LogP contribution in [0.3, 0.4) is 0 Å². The number of alkyl halides is 1. The highest BCUT2D eigenvalue weighted by Crippen LogP contribution is 2.73. The van der Waals surface area contributed by atoms with Crippen molar-refractivity contribution >= 4 is 64.5 Å². The van der Waals surface area contributed by atoms with E-state index in [-0.39, 0.29) is 91.2 Å². The van der Waals surface area contributed by atoms with Gasteiger partial charge in [0.15, 0.2) is 17.1 Å². The van der Waals surface area contributed by atoms with Crippen LogP contribution in [-0.2, 0) is 87.8 Å². The van der Waals surface area contributed by atoms with E-state index in [2.05, 4.69) is 73.3 Å². The second-order valence-corrected chi connectivity index (χ2v) is 23.0. The van der Waals surface area contributed by atoms with Crippen LogP contribution in [0.15, 0.2) is 101 Å². The summed E-state index contributed by atoms with van der Waals surface area (Å²) < 4.78 is 117. The molecule has 0 aliphatic rings. The molecule has 0 saturated heterocycles. The first-order valence-electron chi connectivity index (χ1n) is 20.2. The van der Waals surface area contributed by atoms with E-state index in [1.54, 1.807) is 14.0 Å². The number of halogens is 1. The maximum atomic E-state index is 13.6. The Kier molecular flexibility index (Phi) is 42.6. The predicted octanol–water partition coefficient (Wildman–Crippen LogP) is 10.3. The minimum atomic E-state index is -4.15. The van der Waals surface area contributed by atoms with Crippen LogP contribution in [0.1, 0.15) is 39.5 Å². The standard InChI is InChI=1S/C20H34O9P2.C18H28O9P2.C4H9BrO/c1-7-13-26-30(22,27-14-8-2)20(12-11-19(21)25-17-18(5)24-6)31(23,28-15-9-3)29-16-10-4;1-5-12-24-28(21,25-13-6-2)18(10-9-17(20)23-16-11-19)29(22,26-14-7-3)27-15-8-4;1-4(3-5)6-2/h7-10,18,20H,1-4,11-17H2,5-6H3;5-8,11,18H,1-4,9-10,12-16H2;4H,3H2,1-2H3. The van der Waals surface area contributed by atoms with Crippen molar-refractivity contribution in [3.63, 3.8) is 0 Å². The van der Waals surface area contributed by atoms with Gasteiger partial charge in [-0.1, -0.05) is 64.5 Å². The molecule has 0 fully saturated rings. The number of rotatable bonds is 41. The lowest BCUT2D eigenvalue weighted by atomic mass is 10.3. The van der Waals surface area contributed by atoms with E-state index in [0.717, 1.165) is 5.33 Å². The van der Waals surface area contributed by atoms with Crippen LogP contribution in [0.25, 0.3) is 0 Å². The summed E-state index contributed by atoms with van der Waals surface area (Å²) in [5, 5.41) is -1.95. The fourth-order valence-electron chi connectivity index (χ4n) is 4.18. The molecule has 0 amide bonds. The Hall–Kier alpha value is -2.47. The maximum Gasteiger partial charge on any atom is 0.346 e. The minimum Gasteiger partial charge on any atom is -0.463 e. The summed E-state index contributed by atoms with van der Waals surface area (Å²) in [5.74, 6) is -1.37. The molecule has 2 unspecified atom stereocenters. The molecule has 380 valence electrons. The summed E-state index contributed by atoms with van der Waals surface area (Å²) in [7, 11) is -13.3. The normalized spacial score (nSPS) is 12.5. The van der Waals surface area contributed by atoms with Gasteiger partial charge in [-0.2, -0.15) is 0 Å². The summed E-state index contributed by atoms with van der Waals surface area (Å²) in [5.41, 5.74) is 0. The lowest BCUT2D eigenvalue weighted by molar-refractivity contribution is -0.147. The summed E-state index contributed by atoms with van der Waals surface area (Å²) in [6.07, 6.45) is 10.2. The van der Waals surface area contributed by atoms with Crippen molar-refractivity contribution in [1.82, 2.24) is 0 Å². The minimum absolute atomic E-state index is 0.0369. The summed E-state index contributed by atoms with van der Waals surface area (Å²) in [6, 6.07) is 0. The zero-order chi connectivity index (χ0) is 50.9. The molecule has 0 aromatic rings. The van der Waals surface area contributed by atoms with Gasteiger partial charge in [0.1, 0.15) is 13.2 Å². The third-order valence-corrected chi connectivity index (χ3v) is 19.8. The number of methoxy groups -OCH3 is 2. The van der Waals surface area contributed by atoms with Crippen LogP contribution >= 0.6 is 46.3 Å². The molecule has 0 aliphatic heterocycles. The van der Waals surface area contributed by atoms with Gasteiger partial charge < -0.3 is 55.1 Å². The third kappa shape index (κ3) is 30.1. The van der Waals surface area contributed by atoms with Gasteiger partial charge in [0.2, 0.25) is 0 Å². The first-order chi connectivity index (χ1) is 31.4. The Bertz CT molecular complexity index is 1510. The van der Waals surface area contributed by atoms with Gasteiger partial charge in [-0.15, -0.1) is 52.6 Å². The Morgan fingerprint density at radius 1 is 0.470 bits per heavy atom. The molecule has 66 heavy (non-hydrogen) atoms. The summed E-state index contributed by atoms with van der Waals surface area (Å²) in [4.78, 5) is 34.4. The van der Waals surface area contributed by atoms with E-state index in [9.17, 15) is 32.6 Å². The molecule has 0 aromatic heterocycles. The molecular weight excluding hydrogens is 1010 g/mol. The Balaban J connectivity index is -0.00000107. The molecule has 0 aromatic carbocycles. The van der Waals surface area contributed by atoms with Crippen molar-refractivity contribution in [1.29, 1.82) is 0 Å². The average molecular weight is 1080 g/mol. The molecule has 0 spiro atoms. The largest absolute Gasteiger partial charge is 0.463 e. The predicted molar refractivity (Wildman–Crippen MR) is 260 cm³/mol. The zero-order valence-electron chi connectivity index (χ0n) is 38.7. The van der Waals surface area contributed by atoms with E-state index < -0.39 is 59.7 Å². The maximum absolute atomic E-state index is 13.6. The molecule has 0 saturated carbocycles. The Morgan fingerprint density at radius 3 is 0.924 bits per heavy atom. The molecule has 0 heterocycles. The number of carbonyl (C=O) groups is 3. The lowest BCUT2D eigenvalue weighted by Gasteiger charge is -2.31. The number of ether oxygens (including phenoxy) is 4. The van der Waals surface area contributed by atoms with Crippen LogP contribution in [-0.4, -0.2) is 127 Å². The number of hydrogen-bond donors (Lipinski definition) is 0. The number of esters is 2. The first-order valence-corrected chi connectivity index (χ1v) is 27.7. The molecule has 0 rings (SSSR count). The second-order valence-electron chi connectivity index (χ2n) is 12.7. The third-order valence-electron chi connectivity index (χ3n) is 7.47. The Labute approximate surface area is 400 Å². The van der Waals surface area contributed by atoms with Gasteiger partial charge in [-0.25, -0.2) is 0 Å². The van der Waals surface area contributed by atoms with E-state index in [1.807, 2.05) is 6.92 Å². The van der Waals surface area contributed by atoms with Gasteiger partial charge in [0.25, 0.3) is 0 Å². The zero-order valence-corrected chi connectivity index (χ0v) is 43.9. The van der Waals surface area contributed by atoms with Gasteiger partial charge in [-0.3, -0.25) is 32.6 Å². The quantitative estimate of drug-likeness (QED) is 0.0182. The highest BCUT2D eigenvalue weighted by atomic mass is 79.9. The lowest BCUT2D eigenvalue weighted by Crippen LogP contribution is -2.21. The molecule has 0 aliphatic carbocycles. The highest BCUT2D eigenvalue weighted by Gasteiger charge is 2.52. The van der Waals surface area contributed by atoms with Crippen molar-refractivity contribution in [3.8, 4) is 0 Å². The summed E-state index contributed by atoms with van der Waals surface area (Å²) in [6.45, 7) is 30.1. The molecule has 19 nitrogen and oxygen atoms in total. The topological polar surface area (TPSA) is 230 Å². The van der Waals surface area contributed by atoms with Crippen molar-refractivity contribution in [2.24, 2.45) is 0 Å². The molecule has 0 bridgehead atoms. The van der Waals surface area contributed by atoms with E-state index in [1.165, 1.54) is 55.7 Å².